The minimum atomic E-state index is -4.68. The Morgan fingerprint density at radius 1 is 1.27 bits per heavy atom. The number of pyridine rings is 1. The van der Waals surface area contributed by atoms with Crippen molar-refractivity contribution < 1.29 is 18.3 Å². The van der Waals surface area contributed by atoms with Crippen LogP contribution in [0.3, 0.4) is 0 Å². The number of halogens is 3. The number of rotatable bonds is 4. The Hall–Kier alpha value is -2.26. The van der Waals surface area contributed by atoms with Gasteiger partial charge in [0.2, 0.25) is 0 Å². The van der Waals surface area contributed by atoms with Gasteiger partial charge in [-0.1, -0.05) is 0 Å². The number of aliphatic hydroxyl groups is 1. The van der Waals surface area contributed by atoms with Gasteiger partial charge in [-0.15, -0.1) is 11.3 Å². The standard InChI is InChI=1S/C17H15F3N4OS/c18-17(19,20)12(25)8-22-15-13-10-4-1-5-11(10)26-16(13)24-14(23-15)9-3-2-6-21-7-9/h2-3,6-7,12,25H,1,4-5,8H2,(H,22,23,24)/t12-/m1/s1. The number of anilines is 1. The van der Waals surface area contributed by atoms with Crippen molar-refractivity contribution >= 4 is 27.4 Å². The zero-order chi connectivity index (χ0) is 18.3. The summed E-state index contributed by atoms with van der Waals surface area (Å²) in [6, 6.07) is 3.54. The Labute approximate surface area is 150 Å². The summed E-state index contributed by atoms with van der Waals surface area (Å²) in [5.74, 6) is 0.728. The van der Waals surface area contributed by atoms with Crippen molar-refractivity contribution in [3.63, 3.8) is 0 Å². The molecule has 1 aliphatic carbocycles. The number of thiophene rings is 1. The minimum Gasteiger partial charge on any atom is -0.382 e. The van der Waals surface area contributed by atoms with E-state index in [4.69, 9.17) is 0 Å². The third-order valence-corrected chi connectivity index (χ3v) is 5.51. The highest BCUT2D eigenvalue weighted by atomic mass is 32.1. The highest BCUT2D eigenvalue weighted by Gasteiger charge is 2.38. The molecule has 0 unspecified atom stereocenters. The monoisotopic (exact) mass is 380 g/mol. The number of alkyl halides is 3. The van der Waals surface area contributed by atoms with Crippen molar-refractivity contribution in [3.8, 4) is 11.4 Å². The number of fused-ring (bicyclic) bond motifs is 3. The molecule has 0 bridgehead atoms. The third-order valence-electron chi connectivity index (χ3n) is 4.33. The quantitative estimate of drug-likeness (QED) is 0.724. The molecule has 0 aromatic carbocycles. The molecule has 5 nitrogen and oxygen atoms in total. The van der Waals surface area contributed by atoms with Crippen molar-refractivity contribution in [2.75, 3.05) is 11.9 Å². The number of hydrogen-bond donors (Lipinski definition) is 2. The van der Waals surface area contributed by atoms with Crippen LogP contribution in [0.15, 0.2) is 24.5 Å². The number of aromatic nitrogens is 3. The Morgan fingerprint density at radius 3 is 2.85 bits per heavy atom. The predicted molar refractivity (Wildman–Crippen MR) is 93.2 cm³/mol. The molecule has 0 saturated heterocycles. The van der Waals surface area contributed by atoms with Gasteiger partial charge in [0.1, 0.15) is 10.6 Å². The van der Waals surface area contributed by atoms with E-state index >= 15 is 0 Å². The van der Waals surface area contributed by atoms with Gasteiger partial charge >= 0.3 is 6.18 Å². The van der Waals surface area contributed by atoms with Gasteiger partial charge in [-0.2, -0.15) is 13.2 Å². The number of nitrogens with zero attached hydrogens (tertiary/aromatic N) is 3. The Bertz CT molecular complexity index is 943. The molecule has 26 heavy (non-hydrogen) atoms. The number of aryl methyl sites for hydroxylation is 2. The average molecular weight is 380 g/mol. The highest BCUT2D eigenvalue weighted by Crippen LogP contribution is 2.40. The normalized spacial score (nSPS) is 15.2. The summed E-state index contributed by atoms with van der Waals surface area (Å²) in [6.45, 7) is -0.660. The van der Waals surface area contributed by atoms with Crippen LogP contribution in [0.1, 0.15) is 16.9 Å². The number of nitrogens with one attached hydrogen (secondary N) is 1. The van der Waals surface area contributed by atoms with E-state index in [1.807, 2.05) is 0 Å². The summed E-state index contributed by atoms with van der Waals surface area (Å²) in [7, 11) is 0. The predicted octanol–water partition coefficient (Wildman–Crippen LogP) is 3.58. The zero-order valence-corrected chi connectivity index (χ0v) is 14.4. The summed E-state index contributed by atoms with van der Waals surface area (Å²) in [4.78, 5) is 15.0. The maximum Gasteiger partial charge on any atom is 0.416 e. The topological polar surface area (TPSA) is 70.9 Å². The van der Waals surface area contributed by atoms with Crippen LogP contribution >= 0.6 is 11.3 Å². The Balaban J connectivity index is 1.78. The SMILES string of the molecule is O[C@H](CNc1nc(-c2cccnc2)nc2sc3c(c12)CCC3)C(F)(F)F. The fraction of sp³-hybridized carbons (Fsp3) is 0.353. The molecule has 9 heteroatoms. The summed E-state index contributed by atoms with van der Waals surface area (Å²) in [5, 5.41) is 12.8. The van der Waals surface area contributed by atoms with Gasteiger partial charge in [-0.25, -0.2) is 9.97 Å². The molecule has 3 heterocycles. The molecular weight excluding hydrogens is 365 g/mol. The first kappa shape index (κ1) is 17.2. The average Bonchev–Trinajstić information content (AvgIpc) is 3.19. The van der Waals surface area contributed by atoms with E-state index < -0.39 is 18.8 Å². The van der Waals surface area contributed by atoms with E-state index in [1.54, 1.807) is 35.9 Å². The maximum absolute atomic E-state index is 12.6. The lowest BCUT2D eigenvalue weighted by molar-refractivity contribution is -0.198. The second-order valence-electron chi connectivity index (χ2n) is 6.11. The van der Waals surface area contributed by atoms with Crippen LogP contribution in [0.2, 0.25) is 0 Å². The van der Waals surface area contributed by atoms with Gasteiger partial charge in [0.05, 0.1) is 11.9 Å². The minimum absolute atomic E-state index is 0.330. The molecule has 4 rings (SSSR count). The van der Waals surface area contributed by atoms with Crippen LogP contribution in [0, 0.1) is 0 Å². The van der Waals surface area contributed by atoms with E-state index in [1.165, 1.54) is 4.88 Å². The lowest BCUT2D eigenvalue weighted by Crippen LogP contribution is -2.35. The van der Waals surface area contributed by atoms with Crippen LogP contribution < -0.4 is 5.32 Å². The first-order chi connectivity index (χ1) is 12.4. The summed E-state index contributed by atoms with van der Waals surface area (Å²) in [6.07, 6.45) is -1.07. The van der Waals surface area contributed by atoms with Crippen molar-refractivity contribution in [3.05, 3.63) is 35.0 Å². The van der Waals surface area contributed by atoms with E-state index in [2.05, 4.69) is 20.3 Å². The molecule has 1 aliphatic rings. The van der Waals surface area contributed by atoms with E-state index in [9.17, 15) is 18.3 Å². The highest BCUT2D eigenvalue weighted by molar-refractivity contribution is 7.19. The van der Waals surface area contributed by atoms with Crippen LogP contribution in [-0.2, 0) is 12.8 Å². The lowest BCUT2D eigenvalue weighted by Gasteiger charge is -2.16. The molecule has 3 aromatic rings. The molecule has 0 amide bonds. The molecular formula is C17H15F3N4OS. The van der Waals surface area contributed by atoms with Crippen LogP contribution in [0.5, 0.6) is 0 Å². The molecule has 3 aromatic heterocycles. The van der Waals surface area contributed by atoms with Gasteiger partial charge in [0.25, 0.3) is 0 Å². The molecule has 0 saturated carbocycles. The van der Waals surface area contributed by atoms with Crippen molar-refractivity contribution in [2.45, 2.75) is 31.5 Å². The molecule has 1 atom stereocenters. The number of aliphatic hydroxyl groups excluding tert-OH is 1. The van der Waals surface area contributed by atoms with Crippen LogP contribution in [0.4, 0.5) is 19.0 Å². The fourth-order valence-corrected chi connectivity index (χ4v) is 4.32. The summed E-state index contributed by atoms with van der Waals surface area (Å²) >= 11 is 1.55. The first-order valence-corrected chi connectivity index (χ1v) is 8.96. The first-order valence-electron chi connectivity index (χ1n) is 8.15. The maximum atomic E-state index is 12.6. The second kappa shape index (κ2) is 6.48. The van der Waals surface area contributed by atoms with E-state index in [0.717, 1.165) is 35.0 Å². The van der Waals surface area contributed by atoms with Crippen molar-refractivity contribution in [1.29, 1.82) is 0 Å². The van der Waals surface area contributed by atoms with E-state index in [0.29, 0.717) is 17.2 Å². The largest absolute Gasteiger partial charge is 0.416 e. The van der Waals surface area contributed by atoms with Crippen molar-refractivity contribution in [2.24, 2.45) is 0 Å². The molecule has 0 radical (unpaired) electrons. The second-order valence-corrected chi connectivity index (χ2v) is 7.20. The van der Waals surface area contributed by atoms with Gasteiger partial charge in [-0.3, -0.25) is 4.98 Å². The molecule has 0 spiro atoms. The zero-order valence-electron chi connectivity index (χ0n) is 13.5. The van der Waals surface area contributed by atoms with Gasteiger partial charge in [0, 0.05) is 22.8 Å². The summed E-state index contributed by atoms with van der Waals surface area (Å²) < 4.78 is 37.9. The van der Waals surface area contributed by atoms with Gasteiger partial charge in [-0.05, 0) is 37.0 Å². The molecule has 136 valence electrons. The fourth-order valence-electron chi connectivity index (χ4n) is 3.06. The van der Waals surface area contributed by atoms with E-state index in [-0.39, 0.29) is 0 Å². The van der Waals surface area contributed by atoms with Gasteiger partial charge < -0.3 is 10.4 Å². The molecule has 0 fully saturated rings. The van der Waals surface area contributed by atoms with Crippen LogP contribution in [0.25, 0.3) is 21.6 Å². The van der Waals surface area contributed by atoms with Gasteiger partial charge in [0.15, 0.2) is 11.9 Å². The summed E-state index contributed by atoms with van der Waals surface area (Å²) in [5.41, 5.74) is 1.79. The Morgan fingerprint density at radius 2 is 2.12 bits per heavy atom. The number of hydrogen-bond acceptors (Lipinski definition) is 6. The Kier molecular flexibility index (Phi) is 4.28. The lowest BCUT2D eigenvalue weighted by atomic mass is 10.1. The molecule has 2 N–H and O–H groups in total. The third kappa shape index (κ3) is 3.12. The van der Waals surface area contributed by atoms with Crippen molar-refractivity contribution in [1.82, 2.24) is 15.0 Å². The van der Waals surface area contributed by atoms with Crippen LogP contribution in [-0.4, -0.2) is 38.9 Å². The molecule has 0 aliphatic heterocycles. The smallest absolute Gasteiger partial charge is 0.382 e.